The van der Waals surface area contributed by atoms with Gasteiger partial charge in [0.05, 0.1) is 11.4 Å². The molecule has 0 saturated heterocycles. The van der Waals surface area contributed by atoms with Gasteiger partial charge in [-0.2, -0.15) is 0 Å². The van der Waals surface area contributed by atoms with E-state index in [1.807, 2.05) is 32.0 Å². The molecule has 0 unspecified atom stereocenters. The smallest absolute Gasteiger partial charge is 0.243 e. The van der Waals surface area contributed by atoms with Gasteiger partial charge in [-0.05, 0) is 61.7 Å². The molecular formula is C19H25N3O3S. The van der Waals surface area contributed by atoms with E-state index in [0.717, 1.165) is 16.8 Å². The van der Waals surface area contributed by atoms with Crippen LogP contribution in [0.2, 0.25) is 0 Å². The molecule has 2 rings (SSSR count). The van der Waals surface area contributed by atoms with Gasteiger partial charge in [0, 0.05) is 25.5 Å². The van der Waals surface area contributed by atoms with Crippen molar-refractivity contribution in [2.24, 2.45) is 0 Å². The second-order valence-corrected chi connectivity index (χ2v) is 8.67. The van der Waals surface area contributed by atoms with Crippen molar-refractivity contribution >= 4 is 27.3 Å². The maximum Gasteiger partial charge on any atom is 0.243 e. The van der Waals surface area contributed by atoms with Crippen LogP contribution < -0.4 is 10.6 Å². The summed E-state index contributed by atoms with van der Waals surface area (Å²) in [6, 6.07) is 10.9. The van der Waals surface area contributed by atoms with Crippen LogP contribution in [0.4, 0.5) is 11.4 Å². The largest absolute Gasteiger partial charge is 0.376 e. The molecule has 7 heteroatoms. The van der Waals surface area contributed by atoms with Crippen molar-refractivity contribution in [3.63, 3.8) is 0 Å². The highest BCUT2D eigenvalue weighted by Crippen LogP contribution is 2.22. The molecule has 0 aliphatic rings. The molecule has 140 valence electrons. The predicted molar refractivity (Wildman–Crippen MR) is 105 cm³/mol. The van der Waals surface area contributed by atoms with Gasteiger partial charge >= 0.3 is 0 Å². The Kier molecular flexibility index (Phi) is 6.05. The second kappa shape index (κ2) is 7.88. The number of carbonyl (C=O) groups excluding carboxylic acids is 1. The minimum atomic E-state index is -3.53. The van der Waals surface area contributed by atoms with Crippen molar-refractivity contribution in [2.45, 2.75) is 25.7 Å². The lowest BCUT2D eigenvalue weighted by Gasteiger charge is -2.15. The van der Waals surface area contributed by atoms with Gasteiger partial charge in [-0.25, -0.2) is 12.7 Å². The van der Waals surface area contributed by atoms with Gasteiger partial charge in [-0.15, -0.1) is 0 Å². The number of anilines is 2. The van der Waals surface area contributed by atoms with Crippen molar-refractivity contribution < 1.29 is 13.2 Å². The molecular weight excluding hydrogens is 350 g/mol. The van der Waals surface area contributed by atoms with E-state index in [9.17, 15) is 13.2 Å². The average molecular weight is 375 g/mol. The van der Waals surface area contributed by atoms with E-state index < -0.39 is 10.0 Å². The van der Waals surface area contributed by atoms with Crippen molar-refractivity contribution in [2.75, 3.05) is 31.3 Å². The summed E-state index contributed by atoms with van der Waals surface area (Å²) in [5, 5.41) is 5.82. The van der Waals surface area contributed by atoms with Crippen LogP contribution in [0.25, 0.3) is 0 Å². The number of sulfonamides is 1. The summed E-state index contributed by atoms with van der Waals surface area (Å²) in [7, 11) is -0.549. The van der Waals surface area contributed by atoms with E-state index in [-0.39, 0.29) is 17.3 Å². The summed E-state index contributed by atoms with van der Waals surface area (Å²) in [5.74, 6) is -0.201. The Morgan fingerprint density at radius 3 is 2.15 bits per heavy atom. The Morgan fingerprint density at radius 1 is 0.962 bits per heavy atom. The zero-order chi connectivity index (χ0) is 19.5. The highest BCUT2D eigenvalue weighted by Gasteiger charge is 2.20. The SMILES string of the molecule is Cc1cc(C)cc(NC(=O)CNc2ccc(C)c(S(=O)(=O)N(C)C)c2)c1. The summed E-state index contributed by atoms with van der Waals surface area (Å²) in [6.45, 7) is 5.73. The molecule has 2 aromatic rings. The van der Waals surface area contributed by atoms with Crippen molar-refractivity contribution in [1.82, 2.24) is 4.31 Å². The van der Waals surface area contributed by atoms with E-state index in [2.05, 4.69) is 10.6 Å². The van der Waals surface area contributed by atoms with Crippen molar-refractivity contribution in [1.29, 1.82) is 0 Å². The molecule has 6 nitrogen and oxygen atoms in total. The Hall–Kier alpha value is -2.38. The van der Waals surface area contributed by atoms with E-state index >= 15 is 0 Å². The lowest BCUT2D eigenvalue weighted by atomic mass is 10.1. The van der Waals surface area contributed by atoms with Crippen LogP contribution in [-0.2, 0) is 14.8 Å². The summed E-state index contributed by atoms with van der Waals surface area (Å²) >= 11 is 0. The monoisotopic (exact) mass is 375 g/mol. The van der Waals surface area contributed by atoms with E-state index in [1.54, 1.807) is 25.1 Å². The van der Waals surface area contributed by atoms with Crippen LogP contribution in [0, 0.1) is 20.8 Å². The highest BCUT2D eigenvalue weighted by molar-refractivity contribution is 7.89. The third-order valence-electron chi connectivity index (χ3n) is 3.91. The molecule has 0 aliphatic heterocycles. The number of nitrogens with zero attached hydrogens (tertiary/aromatic N) is 1. The summed E-state index contributed by atoms with van der Waals surface area (Å²) in [6.07, 6.45) is 0. The van der Waals surface area contributed by atoms with Crippen LogP contribution in [0.3, 0.4) is 0 Å². The van der Waals surface area contributed by atoms with Gasteiger partial charge in [0.25, 0.3) is 0 Å². The molecule has 0 saturated carbocycles. The number of hydrogen-bond acceptors (Lipinski definition) is 4. The fourth-order valence-corrected chi connectivity index (χ4v) is 3.76. The van der Waals surface area contributed by atoms with Gasteiger partial charge in [-0.1, -0.05) is 12.1 Å². The molecule has 26 heavy (non-hydrogen) atoms. The number of amides is 1. The summed E-state index contributed by atoms with van der Waals surface area (Å²) in [4.78, 5) is 12.4. The molecule has 0 atom stereocenters. The van der Waals surface area contributed by atoms with Crippen LogP contribution in [0.5, 0.6) is 0 Å². The van der Waals surface area contributed by atoms with Gasteiger partial charge in [0.15, 0.2) is 0 Å². The average Bonchev–Trinajstić information content (AvgIpc) is 2.52. The van der Waals surface area contributed by atoms with Crippen LogP contribution in [0.15, 0.2) is 41.3 Å². The van der Waals surface area contributed by atoms with Gasteiger partial charge < -0.3 is 10.6 Å². The Morgan fingerprint density at radius 2 is 1.58 bits per heavy atom. The molecule has 2 aromatic carbocycles. The fraction of sp³-hybridized carbons (Fsp3) is 0.316. The molecule has 0 aliphatic carbocycles. The summed E-state index contributed by atoms with van der Waals surface area (Å²) in [5.41, 5.74) is 4.13. The first-order valence-corrected chi connectivity index (χ1v) is 9.69. The minimum Gasteiger partial charge on any atom is -0.376 e. The molecule has 0 fully saturated rings. The van der Waals surface area contributed by atoms with Gasteiger partial charge in [0.2, 0.25) is 15.9 Å². The Balaban J connectivity index is 2.09. The number of carbonyl (C=O) groups is 1. The predicted octanol–water partition coefficient (Wildman–Crippen LogP) is 2.91. The first-order chi connectivity index (χ1) is 12.1. The maximum absolute atomic E-state index is 12.4. The number of hydrogen-bond donors (Lipinski definition) is 2. The van der Waals surface area contributed by atoms with E-state index in [4.69, 9.17) is 0 Å². The number of rotatable bonds is 6. The summed E-state index contributed by atoms with van der Waals surface area (Å²) < 4.78 is 25.9. The lowest BCUT2D eigenvalue weighted by molar-refractivity contribution is -0.114. The molecule has 0 aromatic heterocycles. The molecule has 0 bridgehead atoms. The highest BCUT2D eigenvalue weighted by atomic mass is 32.2. The number of nitrogens with one attached hydrogen (secondary N) is 2. The topological polar surface area (TPSA) is 78.5 Å². The molecule has 1 amide bonds. The fourth-order valence-electron chi connectivity index (χ4n) is 2.62. The number of benzene rings is 2. The molecule has 0 heterocycles. The van der Waals surface area contributed by atoms with E-state index in [1.165, 1.54) is 18.4 Å². The first kappa shape index (κ1) is 19.9. The second-order valence-electron chi connectivity index (χ2n) is 6.55. The normalized spacial score (nSPS) is 11.5. The van der Waals surface area contributed by atoms with Crippen molar-refractivity contribution in [3.8, 4) is 0 Å². The molecule has 0 radical (unpaired) electrons. The van der Waals surface area contributed by atoms with E-state index in [0.29, 0.717) is 11.3 Å². The zero-order valence-corrected chi connectivity index (χ0v) is 16.6. The van der Waals surface area contributed by atoms with Crippen LogP contribution in [0.1, 0.15) is 16.7 Å². The molecule has 0 spiro atoms. The van der Waals surface area contributed by atoms with Crippen LogP contribution in [-0.4, -0.2) is 39.3 Å². The van der Waals surface area contributed by atoms with Gasteiger partial charge in [0.1, 0.15) is 0 Å². The zero-order valence-electron chi connectivity index (χ0n) is 15.8. The Bertz CT molecular complexity index is 901. The minimum absolute atomic E-state index is 0.0392. The molecule has 2 N–H and O–H groups in total. The third kappa shape index (κ3) is 4.83. The quantitative estimate of drug-likeness (QED) is 0.814. The van der Waals surface area contributed by atoms with Crippen molar-refractivity contribution in [3.05, 3.63) is 53.1 Å². The lowest BCUT2D eigenvalue weighted by Crippen LogP contribution is -2.24. The number of aryl methyl sites for hydroxylation is 3. The standard InChI is InChI=1S/C19H25N3O3S/c1-13-8-14(2)10-17(9-13)21-19(23)12-20-16-7-6-15(3)18(11-16)26(24,25)22(4)5/h6-11,20H,12H2,1-5H3,(H,21,23). The van der Waals surface area contributed by atoms with Gasteiger partial charge in [-0.3, -0.25) is 4.79 Å². The maximum atomic E-state index is 12.4. The first-order valence-electron chi connectivity index (χ1n) is 8.25. The Labute approximate surface area is 155 Å². The van der Waals surface area contributed by atoms with Crippen LogP contribution >= 0.6 is 0 Å². The third-order valence-corrected chi connectivity index (χ3v) is 5.86.